The zero-order valence-corrected chi connectivity index (χ0v) is 19.1. The van der Waals surface area contributed by atoms with E-state index in [2.05, 4.69) is 37.3 Å². The largest absolute Gasteiger partial charge is 0.494 e. The van der Waals surface area contributed by atoms with Crippen LogP contribution in [-0.2, 0) is 6.42 Å². The highest BCUT2D eigenvalue weighted by molar-refractivity contribution is 5.28. The van der Waals surface area contributed by atoms with Crippen LogP contribution < -0.4 is 4.74 Å². The summed E-state index contributed by atoms with van der Waals surface area (Å²) in [7, 11) is 0. The summed E-state index contributed by atoms with van der Waals surface area (Å²) in [6, 6.07) is 8.70. The highest BCUT2D eigenvalue weighted by Gasteiger charge is 2.28. The Labute approximate surface area is 180 Å². The van der Waals surface area contributed by atoms with Crippen molar-refractivity contribution in [3.05, 3.63) is 41.5 Å². The average molecular weight is 397 g/mol. The Kier molecular flexibility index (Phi) is 9.64. The molecular formula is C28H44O. The van der Waals surface area contributed by atoms with Crippen molar-refractivity contribution in [2.24, 2.45) is 17.8 Å². The van der Waals surface area contributed by atoms with Gasteiger partial charge in [0.1, 0.15) is 5.75 Å². The fraction of sp³-hybridized carbons (Fsp3) is 0.714. The molecule has 1 unspecified atom stereocenters. The van der Waals surface area contributed by atoms with E-state index in [9.17, 15) is 0 Å². The van der Waals surface area contributed by atoms with Crippen molar-refractivity contribution in [1.82, 2.24) is 0 Å². The molecule has 1 fully saturated rings. The van der Waals surface area contributed by atoms with Crippen molar-refractivity contribution in [3.63, 3.8) is 0 Å². The maximum atomic E-state index is 5.55. The van der Waals surface area contributed by atoms with E-state index in [1.165, 1.54) is 95.5 Å². The molecule has 1 aromatic carbocycles. The standard InChI is InChI=1S/C28H44O/c1-3-5-6-7-8-23-11-17-26(18-12-23)27-19-13-24(14-20-27)9-10-25-15-21-28(22-16-25)29-4-2/h13,15-16,21-23,26-27H,3-12,14,17-20H2,1-2H3/t23-,26-,27?. The van der Waals surface area contributed by atoms with Gasteiger partial charge in [-0.3, -0.25) is 0 Å². The molecule has 0 amide bonds. The van der Waals surface area contributed by atoms with Crippen molar-refractivity contribution < 1.29 is 4.74 Å². The highest BCUT2D eigenvalue weighted by Crippen LogP contribution is 2.41. The van der Waals surface area contributed by atoms with Gasteiger partial charge in [0.05, 0.1) is 6.61 Å². The lowest BCUT2D eigenvalue weighted by molar-refractivity contribution is 0.185. The van der Waals surface area contributed by atoms with Gasteiger partial charge in [0.25, 0.3) is 0 Å². The van der Waals surface area contributed by atoms with Crippen LogP contribution in [0.15, 0.2) is 35.9 Å². The van der Waals surface area contributed by atoms with Crippen LogP contribution in [0.5, 0.6) is 5.75 Å². The molecular weight excluding hydrogens is 352 g/mol. The minimum atomic E-state index is 0.744. The molecule has 2 aliphatic carbocycles. The summed E-state index contributed by atoms with van der Waals surface area (Å²) in [4.78, 5) is 0. The van der Waals surface area contributed by atoms with Crippen molar-refractivity contribution in [1.29, 1.82) is 0 Å². The Morgan fingerprint density at radius 3 is 2.28 bits per heavy atom. The van der Waals surface area contributed by atoms with Gasteiger partial charge in [-0.15, -0.1) is 0 Å². The summed E-state index contributed by atoms with van der Waals surface area (Å²) in [5, 5.41) is 0. The second-order valence-electron chi connectivity index (χ2n) is 9.60. The molecule has 0 bridgehead atoms. The van der Waals surface area contributed by atoms with E-state index in [0.717, 1.165) is 30.1 Å². The third-order valence-electron chi connectivity index (χ3n) is 7.54. The van der Waals surface area contributed by atoms with Crippen LogP contribution in [-0.4, -0.2) is 6.61 Å². The van der Waals surface area contributed by atoms with Crippen LogP contribution >= 0.6 is 0 Å². The quantitative estimate of drug-likeness (QED) is 0.269. The molecule has 1 saturated carbocycles. The summed E-state index contributed by atoms with van der Waals surface area (Å²) in [5.74, 6) is 4.04. The van der Waals surface area contributed by atoms with Gasteiger partial charge in [0, 0.05) is 0 Å². The second kappa shape index (κ2) is 12.5. The van der Waals surface area contributed by atoms with Gasteiger partial charge in [-0.05, 0) is 87.3 Å². The summed E-state index contributed by atoms with van der Waals surface area (Å²) in [5.41, 5.74) is 3.15. The topological polar surface area (TPSA) is 9.23 Å². The monoisotopic (exact) mass is 396 g/mol. The molecule has 2 aliphatic rings. The van der Waals surface area contributed by atoms with Crippen molar-refractivity contribution in [2.75, 3.05) is 6.61 Å². The first kappa shape index (κ1) is 22.4. The first-order chi connectivity index (χ1) is 14.3. The maximum Gasteiger partial charge on any atom is 0.119 e. The molecule has 0 saturated heterocycles. The molecule has 1 atom stereocenters. The summed E-state index contributed by atoms with van der Waals surface area (Å²) >= 11 is 0. The lowest BCUT2D eigenvalue weighted by Crippen LogP contribution is -2.23. The number of ether oxygens (including phenoxy) is 1. The van der Waals surface area contributed by atoms with Crippen LogP contribution in [0.4, 0.5) is 0 Å². The molecule has 1 aromatic rings. The SMILES string of the molecule is CCCCCC[C@H]1CC[C@H](C2CC=C(CCc3ccc(OCC)cc3)CC2)CC1. The first-order valence-corrected chi connectivity index (χ1v) is 12.7. The van der Waals surface area contributed by atoms with Crippen LogP contribution in [0.1, 0.15) is 103 Å². The Hall–Kier alpha value is -1.24. The number of unbranched alkanes of at least 4 members (excludes halogenated alkanes) is 3. The van der Waals surface area contributed by atoms with Gasteiger partial charge < -0.3 is 4.74 Å². The molecule has 0 aliphatic heterocycles. The van der Waals surface area contributed by atoms with Gasteiger partial charge >= 0.3 is 0 Å². The van der Waals surface area contributed by atoms with Crippen LogP contribution in [0.2, 0.25) is 0 Å². The lowest BCUT2D eigenvalue weighted by Gasteiger charge is -2.35. The number of allylic oxidation sites excluding steroid dienone is 2. The van der Waals surface area contributed by atoms with Crippen molar-refractivity contribution in [2.45, 2.75) is 104 Å². The van der Waals surface area contributed by atoms with E-state index in [0.29, 0.717) is 0 Å². The zero-order chi connectivity index (χ0) is 20.3. The molecule has 0 N–H and O–H groups in total. The minimum absolute atomic E-state index is 0.744. The number of benzene rings is 1. The normalized spacial score (nSPS) is 24.9. The lowest BCUT2D eigenvalue weighted by atomic mass is 9.70. The van der Waals surface area contributed by atoms with Gasteiger partial charge in [-0.1, -0.05) is 75.7 Å². The predicted octanol–water partition coefficient (Wildman–Crippen LogP) is 8.52. The highest BCUT2D eigenvalue weighted by atomic mass is 16.5. The Bertz CT molecular complexity index is 591. The third-order valence-corrected chi connectivity index (χ3v) is 7.54. The molecule has 162 valence electrons. The smallest absolute Gasteiger partial charge is 0.119 e. The maximum absolute atomic E-state index is 5.55. The van der Waals surface area contributed by atoms with E-state index in [-0.39, 0.29) is 0 Å². The van der Waals surface area contributed by atoms with E-state index < -0.39 is 0 Å². The molecule has 1 nitrogen and oxygen atoms in total. The molecule has 0 radical (unpaired) electrons. The van der Waals surface area contributed by atoms with Crippen LogP contribution in [0, 0.1) is 17.8 Å². The number of rotatable bonds is 11. The summed E-state index contributed by atoms with van der Waals surface area (Å²) in [6.45, 7) is 5.10. The Morgan fingerprint density at radius 1 is 0.828 bits per heavy atom. The second-order valence-corrected chi connectivity index (χ2v) is 9.60. The zero-order valence-electron chi connectivity index (χ0n) is 19.1. The first-order valence-electron chi connectivity index (χ1n) is 12.7. The van der Waals surface area contributed by atoms with E-state index in [4.69, 9.17) is 4.74 Å². The summed E-state index contributed by atoms with van der Waals surface area (Å²) < 4.78 is 5.55. The van der Waals surface area contributed by atoms with Crippen molar-refractivity contribution >= 4 is 0 Å². The van der Waals surface area contributed by atoms with E-state index >= 15 is 0 Å². The number of aryl methyl sites for hydroxylation is 1. The number of hydrogen-bond acceptors (Lipinski definition) is 1. The van der Waals surface area contributed by atoms with Crippen LogP contribution in [0.25, 0.3) is 0 Å². The molecule has 1 heteroatoms. The molecule has 0 spiro atoms. The Balaban J connectivity index is 1.34. The molecule has 0 aromatic heterocycles. The van der Waals surface area contributed by atoms with Gasteiger partial charge in [-0.25, -0.2) is 0 Å². The number of hydrogen-bond donors (Lipinski definition) is 0. The fourth-order valence-electron chi connectivity index (χ4n) is 5.60. The fourth-order valence-corrected chi connectivity index (χ4v) is 5.60. The van der Waals surface area contributed by atoms with Gasteiger partial charge in [-0.2, -0.15) is 0 Å². The minimum Gasteiger partial charge on any atom is -0.494 e. The van der Waals surface area contributed by atoms with Gasteiger partial charge in [0.2, 0.25) is 0 Å². The Morgan fingerprint density at radius 2 is 1.62 bits per heavy atom. The molecule has 3 rings (SSSR count). The summed E-state index contributed by atoms with van der Waals surface area (Å²) in [6.07, 6.45) is 22.5. The van der Waals surface area contributed by atoms with Gasteiger partial charge in [0.15, 0.2) is 0 Å². The molecule has 29 heavy (non-hydrogen) atoms. The van der Waals surface area contributed by atoms with Crippen LogP contribution in [0.3, 0.4) is 0 Å². The third kappa shape index (κ3) is 7.50. The van der Waals surface area contributed by atoms with Crippen molar-refractivity contribution in [3.8, 4) is 5.75 Å². The van der Waals surface area contributed by atoms with E-state index in [1.807, 2.05) is 6.92 Å². The average Bonchev–Trinajstić information content (AvgIpc) is 2.77. The van der Waals surface area contributed by atoms with E-state index in [1.54, 1.807) is 5.57 Å². The molecule has 0 heterocycles. The predicted molar refractivity (Wildman–Crippen MR) is 126 cm³/mol.